The van der Waals surface area contributed by atoms with Gasteiger partial charge < -0.3 is 24.8 Å². The number of halogens is 1. The largest absolute Gasteiger partial charge is 0.372 e. The lowest BCUT2D eigenvalue weighted by molar-refractivity contribution is -0.00571. The van der Waals surface area contributed by atoms with Gasteiger partial charge in [-0.1, -0.05) is 11.6 Å². The smallest absolute Gasteiger partial charge is 0.252 e. The van der Waals surface area contributed by atoms with Crippen molar-refractivity contribution >= 4 is 45.6 Å². The standard InChI is InChI=1S/C27H31ClN8O2/c1-16-14-36(15-17(2)38-16)26-31-13-20(28)24(33-26)32-18-7-8-22-19(11-18)21(12-23(37)35(22)5)34-27(3,4)25-29-9-6-10-30-25/h6-13,16-17,34H,14-15H2,1-5H3,(H,31,32,33)/t16-,17+. The van der Waals surface area contributed by atoms with Gasteiger partial charge in [0.25, 0.3) is 5.56 Å². The van der Waals surface area contributed by atoms with Crippen LogP contribution in [0.3, 0.4) is 0 Å². The second kappa shape index (κ2) is 10.2. The minimum Gasteiger partial charge on any atom is -0.372 e. The van der Waals surface area contributed by atoms with Gasteiger partial charge in [-0.3, -0.25) is 4.79 Å². The summed E-state index contributed by atoms with van der Waals surface area (Å²) in [5, 5.41) is 8.07. The van der Waals surface area contributed by atoms with Crippen molar-refractivity contribution < 1.29 is 4.74 Å². The lowest BCUT2D eigenvalue weighted by atomic mass is 10.0. The average Bonchev–Trinajstić information content (AvgIpc) is 2.88. The van der Waals surface area contributed by atoms with Crippen molar-refractivity contribution in [3.05, 3.63) is 70.1 Å². The first kappa shape index (κ1) is 25.9. The lowest BCUT2D eigenvalue weighted by Crippen LogP contribution is -2.46. The fourth-order valence-corrected chi connectivity index (χ4v) is 4.87. The number of fused-ring (bicyclic) bond motifs is 1. The maximum atomic E-state index is 12.8. The maximum Gasteiger partial charge on any atom is 0.252 e. The molecule has 4 heterocycles. The predicted octanol–water partition coefficient (Wildman–Crippen LogP) is 4.48. The number of rotatable bonds is 6. The van der Waals surface area contributed by atoms with Gasteiger partial charge in [-0.25, -0.2) is 15.0 Å². The summed E-state index contributed by atoms with van der Waals surface area (Å²) in [5.41, 5.74) is 1.48. The van der Waals surface area contributed by atoms with E-state index in [0.29, 0.717) is 41.4 Å². The van der Waals surface area contributed by atoms with Crippen LogP contribution < -0.4 is 21.1 Å². The summed E-state index contributed by atoms with van der Waals surface area (Å²) in [5.74, 6) is 1.71. The van der Waals surface area contributed by atoms with Crippen LogP contribution in [0.2, 0.25) is 5.02 Å². The third kappa shape index (κ3) is 5.27. The number of aromatic nitrogens is 5. The van der Waals surface area contributed by atoms with Crippen LogP contribution in [0.15, 0.2) is 53.7 Å². The van der Waals surface area contributed by atoms with E-state index in [1.54, 1.807) is 42.3 Å². The van der Waals surface area contributed by atoms with Crippen LogP contribution in [-0.4, -0.2) is 49.8 Å². The van der Waals surface area contributed by atoms with Gasteiger partial charge in [0.1, 0.15) is 5.02 Å². The van der Waals surface area contributed by atoms with E-state index >= 15 is 0 Å². The first-order valence-electron chi connectivity index (χ1n) is 12.5. The van der Waals surface area contributed by atoms with Gasteiger partial charge in [0.2, 0.25) is 5.95 Å². The van der Waals surface area contributed by atoms with Crippen molar-refractivity contribution in [2.45, 2.75) is 45.4 Å². The minimum absolute atomic E-state index is 0.0815. The summed E-state index contributed by atoms with van der Waals surface area (Å²) in [6.45, 7) is 9.43. The Kier molecular flexibility index (Phi) is 6.93. The molecular formula is C27H31ClN8O2. The first-order valence-corrected chi connectivity index (χ1v) is 12.9. The molecule has 0 unspecified atom stereocenters. The minimum atomic E-state index is -0.624. The zero-order valence-corrected chi connectivity index (χ0v) is 22.8. The quantitative estimate of drug-likeness (QED) is 0.370. The summed E-state index contributed by atoms with van der Waals surface area (Å²) in [4.78, 5) is 32.8. The van der Waals surface area contributed by atoms with Gasteiger partial charge in [0, 0.05) is 55.4 Å². The number of anilines is 4. The molecule has 4 aromatic rings. The van der Waals surface area contributed by atoms with Crippen molar-refractivity contribution in [2.24, 2.45) is 7.05 Å². The van der Waals surface area contributed by atoms with Crippen molar-refractivity contribution in [3.63, 3.8) is 0 Å². The molecule has 0 bridgehead atoms. The normalized spacial score (nSPS) is 18.0. The molecular weight excluding hydrogens is 504 g/mol. The van der Waals surface area contributed by atoms with Crippen molar-refractivity contribution in [3.8, 4) is 0 Å². The number of pyridine rings is 1. The molecule has 38 heavy (non-hydrogen) atoms. The molecule has 1 aliphatic rings. The monoisotopic (exact) mass is 534 g/mol. The summed E-state index contributed by atoms with van der Waals surface area (Å²) in [6.07, 6.45) is 5.18. The van der Waals surface area contributed by atoms with Crippen molar-refractivity contribution in [1.29, 1.82) is 0 Å². The molecule has 0 radical (unpaired) electrons. The van der Waals surface area contributed by atoms with Crippen LogP contribution in [0.5, 0.6) is 0 Å². The number of hydrogen-bond donors (Lipinski definition) is 2. The third-order valence-electron chi connectivity index (χ3n) is 6.52. The van der Waals surface area contributed by atoms with E-state index in [4.69, 9.17) is 21.3 Å². The zero-order chi connectivity index (χ0) is 27.0. The average molecular weight is 535 g/mol. The molecule has 198 valence electrons. The molecule has 10 nitrogen and oxygen atoms in total. The first-order chi connectivity index (χ1) is 18.1. The topological polar surface area (TPSA) is 110 Å². The van der Waals surface area contributed by atoms with Crippen molar-refractivity contribution in [1.82, 2.24) is 24.5 Å². The molecule has 1 fully saturated rings. The Morgan fingerprint density at radius 3 is 2.50 bits per heavy atom. The number of nitrogens with zero attached hydrogens (tertiary/aromatic N) is 6. The lowest BCUT2D eigenvalue weighted by Gasteiger charge is -2.35. The van der Waals surface area contributed by atoms with Crippen LogP contribution >= 0.6 is 11.6 Å². The second-order valence-corrected chi connectivity index (χ2v) is 10.6. The van der Waals surface area contributed by atoms with E-state index < -0.39 is 5.54 Å². The van der Waals surface area contributed by atoms with Crippen molar-refractivity contribution in [2.75, 3.05) is 28.6 Å². The Bertz CT molecular complexity index is 1520. The summed E-state index contributed by atoms with van der Waals surface area (Å²) in [7, 11) is 1.75. The molecule has 11 heteroatoms. The molecule has 0 aliphatic carbocycles. The Morgan fingerprint density at radius 2 is 1.79 bits per heavy atom. The summed E-state index contributed by atoms with van der Waals surface area (Å²) >= 11 is 6.49. The van der Waals surface area contributed by atoms with Crippen LogP contribution in [0.4, 0.5) is 23.1 Å². The molecule has 0 amide bonds. The molecule has 2 atom stereocenters. The molecule has 1 aliphatic heterocycles. The fraction of sp³-hybridized carbons (Fsp3) is 0.370. The molecule has 1 saturated heterocycles. The number of ether oxygens (including phenoxy) is 1. The zero-order valence-electron chi connectivity index (χ0n) is 22.1. The van der Waals surface area contributed by atoms with E-state index in [2.05, 4.69) is 30.5 Å². The predicted molar refractivity (Wildman–Crippen MR) is 150 cm³/mol. The Hall–Kier alpha value is -3.76. The number of nitrogens with one attached hydrogen (secondary N) is 2. The van der Waals surface area contributed by atoms with Gasteiger partial charge >= 0.3 is 0 Å². The fourth-order valence-electron chi connectivity index (χ4n) is 4.73. The van der Waals surface area contributed by atoms with E-state index in [1.807, 2.05) is 45.9 Å². The number of benzene rings is 1. The highest BCUT2D eigenvalue weighted by Crippen LogP contribution is 2.32. The highest BCUT2D eigenvalue weighted by molar-refractivity contribution is 6.32. The van der Waals surface area contributed by atoms with E-state index in [9.17, 15) is 4.79 Å². The van der Waals surface area contributed by atoms with Gasteiger partial charge in [-0.2, -0.15) is 4.98 Å². The summed E-state index contributed by atoms with van der Waals surface area (Å²) < 4.78 is 7.46. The van der Waals surface area contributed by atoms with E-state index in [-0.39, 0.29) is 17.8 Å². The van der Waals surface area contributed by atoms with Gasteiger partial charge in [-0.05, 0) is 52.0 Å². The third-order valence-corrected chi connectivity index (χ3v) is 6.79. The van der Waals surface area contributed by atoms with Gasteiger partial charge in [0.05, 0.1) is 29.5 Å². The van der Waals surface area contributed by atoms with Gasteiger partial charge in [0.15, 0.2) is 11.6 Å². The molecule has 3 aromatic heterocycles. The molecule has 0 saturated carbocycles. The highest BCUT2D eigenvalue weighted by atomic mass is 35.5. The molecule has 1 aromatic carbocycles. The highest BCUT2D eigenvalue weighted by Gasteiger charge is 2.26. The Labute approximate surface area is 226 Å². The number of morpholine rings is 1. The van der Waals surface area contributed by atoms with E-state index in [0.717, 1.165) is 16.6 Å². The summed E-state index contributed by atoms with van der Waals surface area (Å²) in [6, 6.07) is 9.13. The van der Waals surface area contributed by atoms with Crippen LogP contribution in [0.1, 0.15) is 33.5 Å². The molecule has 2 N–H and O–H groups in total. The van der Waals surface area contributed by atoms with E-state index in [1.165, 1.54) is 0 Å². The number of aryl methyl sites for hydroxylation is 1. The Balaban J connectivity index is 1.50. The molecule has 5 rings (SSSR count). The maximum absolute atomic E-state index is 12.8. The second-order valence-electron chi connectivity index (χ2n) is 10.2. The van der Waals surface area contributed by atoms with Crippen LogP contribution in [0, 0.1) is 0 Å². The Morgan fingerprint density at radius 1 is 1.08 bits per heavy atom. The van der Waals surface area contributed by atoms with Crippen LogP contribution in [0.25, 0.3) is 10.9 Å². The molecule has 0 spiro atoms. The van der Waals surface area contributed by atoms with Crippen LogP contribution in [-0.2, 0) is 17.3 Å². The number of hydrogen-bond acceptors (Lipinski definition) is 9. The van der Waals surface area contributed by atoms with Gasteiger partial charge in [-0.15, -0.1) is 0 Å². The SMILES string of the molecule is C[C@@H]1CN(c2ncc(Cl)c(Nc3ccc4c(c3)c(NC(C)(C)c3ncccn3)cc(=O)n4C)n2)C[C@H](C)O1.